The van der Waals surface area contributed by atoms with Crippen molar-refractivity contribution < 1.29 is 14.2 Å². The van der Waals surface area contributed by atoms with Gasteiger partial charge in [0, 0.05) is 13.2 Å². The van der Waals surface area contributed by atoms with E-state index >= 15 is 0 Å². The lowest BCUT2D eigenvalue weighted by Gasteiger charge is -2.36. The molecule has 0 aromatic carbocycles. The van der Waals surface area contributed by atoms with Crippen LogP contribution in [0.15, 0.2) is 0 Å². The smallest absolute Gasteiger partial charge is 0.0867 e. The van der Waals surface area contributed by atoms with Crippen LogP contribution in [-0.2, 0) is 14.2 Å². The molecule has 0 bridgehead atoms. The van der Waals surface area contributed by atoms with Crippen LogP contribution in [-0.4, -0.2) is 37.6 Å². The molecule has 2 saturated heterocycles. The molecule has 0 aliphatic carbocycles. The molecular weight excluding hydrogens is 264 g/mol. The van der Waals surface area contributed by atoms with Crippen molar-refractivity contribution in [3.63, 3.8) is 0 Å². The van der Waals surface area contributed by atoms with Gasteiger partial charge in [0.1, 0.15) is 0 Å². The van der Waals surface area contributed by atoms with Gasteiger partial charge in [-0.25, -0.2) is 0 Å². The Morgan fingerprint density at radius 2 is 1.29 bits per heavy atom. The second kappa shape index (κ2) is 8.50. The molecule has 2 aliphatic heterocycles. The Balaban J connectivity index is 2.05. The monoisotopic (exact) mass is 298 g/mol. The summed E-state index contributed by atoms with van der Waals surface area (Å²) in [6.07, 6.45) is 7.94. The molecule has 6 unspecified atom stereocenters. The van der Waals surface area contributed by atoms with Crippen molar-refractivity contribution >= 4 is 0 Å². The van der Waals surface area contributed by atoms with Crippen LogP contribution in [0, 0.1) is 11.8 Å². The average Bonchev–Trinajstić information content (AvgIpc) is 3.20. The zero-order chi connectivity index (χ0) is 15.2. The third-order valence-electron chi connectivity index (χ3n) is 5.39. The Kier molecular flexibility index (Phi) is 6.97. The lowest BCUT2D eigenvalue weighted by atomic mass is 9.92. The molecule has 0 aromatic rings. The molecule has 2 aliphatic rings. The van der Waals surface area contributed by atoms with Crippen LogP contribution in [0.25, 0.3) is 0 Å². The van der Waals surface area contributed by atoms with Crippen LogP contribution in [0.1, 0.15) is 66.2 Å². The third-order valence-corrected chi connectivity index (χ3v) is 5.39. The first-order chi connectivity index (χ1) is 10.2. The maximum atomic E-state index is 6.67. The summed E-state index contributed by atoms with van der Waals surface area (Å²) in [7, 11) is 0. The topological polar surface area (TPSA) is 27.7 Å². The molecule has 6 atom stereocenters. The molecule has 0 amide bonds. The van der Waals surface area contributed by atoms with Gasteiger partial charge < -0.3 is 14.2 Å². The Hall–Kier alpha value is -0.120. The van der Waals surface area contributed by atoms with Crippen LogP contribution < -0.4 is 0 Å². The van der Waals surface area contributed by atoms with E-state index in [1.807, 2.05) is 0 Å². The van der Waals surface area contributed by atoms with Crippen molar-refractivity contribution in [2.24, 2.45) is 11.8 Å². The van der Waals surface area contributed by atoms with Crippen molar-refractivity contribution in [1.82, 2.24) is 0 Å². The number of rotatable bonds is 8. The summed E-state index contributed by atoms with van der Waals surface area (Å²) in [5.41, 5.74) is 0. The highest BCUT2D eigenvalue weighted by molar-refractivity contribution is 4.85. The molecule has 2 heterocycles. The van der Waals surface area contributed by atoms with Crippen molar-refractivity contribution in [3.8, 4) is 0 Å². The lowest BCUT2D eigenvalue weighted by molar-refractivity contribution is -0.156. The first-order valence-corrected chi connectivity index (χ1v) is 9.06. The Bertz CT molecular complexity index is 254. The van der Waals surface area contributed by atoms with Gasteiger partial charge in [0.05, 0.1) is 24.4 Å². The standard InChI is InChI=1S/C18H34O3/c1-5-13(3)17(15-9-7-11-19-15)21-18(14(4)6-2)16-10-8-12-20-16/h13-18H,5-12H2,1-4H3. The molecule has 21 heavy (non-hydrogen) atoms. The van der Waals surface area contributed by atoms with E-state index in [4.69, 9.17) is 14.2 Å². The van der Waals surface area contributed by atoms with E-state index in [1.165, 1.54) is 12.8 Å². The van der Waals surface area contributed by atoms with E-state index in [-0.39, 0.29) is 24.4 Å². The molecule has 0 spiro atoms. The highest BCUT2D eigenvalue weighted by Gasteiger charge is 2.37. The predicted molar refractivity (Wildman–Crippen MR) is 85.5 cm³/mol. The molecule has 2 fully saturated rings. The van der Waals surface area contributed by atoms with Crippen LogP contribution >= 0.6 is 0 Å². The summed E-state index contributed by atoms with van der Waals surface area (Å²) in [5, 5.41) is 0. The summed E-state index contributed by atoms with van der Waals surface area (Å²) in [4.78, 5) is 0. The molecule has 124 valence electrons. The molecule has 2 rings (SSSR count). The minimum absolute atomic E-state index is 0.223. The fourth-order valence-corrected chi connectivity index (χ4v) is 3.55. The lowest BCUT2D eigenvalue weighted by Crippen LogP contribution is -2.44. The number of hydrogen-bond donors (Lipinski definition) is 0. The highest BCUT2D eigenvalue weighted by Crippen LogP contribution is 2.31. The van der Waals surface area contributed by atoms with E-state index in [0.717, 1.165) is 38.9 Å². The first kappa shape index (κ1) is 17.2. The molecule has 3 heteroatoms. The van der Waals surface area contributed by atoms with E-state index in [1.54, 1.807) is 0 Å². The summed E-state index contributed by atoms with van der Waals surface area (Å²) in [6, 6.07) is 0. The summed E-state index contributed by atoms with van der Waals surface area (Å²) < 4.78 is 18.6. The fraction of sp³-hybridized carbons (Fsp3) is 1.00. The molecule has 0 aromatic heterocycles. The molecule has 0 N–H and O–H groups in total. The van der Waals surface area contributed by atoms with Crippen molar-refractivity contribution in [2.75, 3.05) is 13.2 Å². The second-order valence-corrected chi connectivity index (χ2v) is 6.94. The minimum atomic E-state index is 0.223. The Labute approximate surface area is 130 Å². The van der Waals surface area contributed by atoms with Crippen molar-refractivity contribution in [2.45, 2.75) is 90.6 Å². The zero-order valence-electron chi connectivity index (χ0n) is 14.3. The maximum Gasteiger partial charge on any atom is 0.0867 e. The summed E-state index contributed by atoms with van der Waals surface area (Å²) in [6.45, 7) is 10.9. The minimum Gasteiger partial charge on any atom is -0.376 e. The molecule has 0 saturated carbocycles. The van der Waals surface area contributed by atoms with Crippen molar-refractivity contribution in [3.05, 3.63) is 0 Å². The second-order valence-electron chi connectivity index (χ2n) is 6.94. The van der Waals surface area contributed by atoms with Gasteiger partial charge in [0.2, 0.25) is 0 Å². The third kappa shape index (κ3) is 4.43. The van der Waals surface area contributed by atoms with Gasteiger partial charge >= 0.3 is 0 Å². The average molecular weight is 298 g/mol. The predicted octanol–water partition coefficient (Wildman–Crippen LogP) is 4.19. The highest BCUT2D eigenvalue weighted by atomic mass is 16.6. The van der Waals surface area contributed by atoms with Gasteiger partial charge in [-0.2, -0.15) is 0 Å². The van der Waals surface area contributed by atoms with E-state index < -0.39 is 0 Å². The summed E-state index contributed by atoms with van der Waals surface area (Å²) in [5.74, 6) is 1.09. The molecular formula is C18H34O3. The first-order valence-electron chi connectivity index (χ1n) is 9.06. The fourth-order valence-electron chi connectivity index (χ4n) is 3.55. The Morgan fingerprint density at radius 3 is 1.57 bits per heavy atom. The normalized spacial score (nSPS) is 32.0. The van der Waals surface area contributed by atoms with Crippen LogP contribution in [0.3, 0.4) is 0 Å². The molecule has 3 nitrogen and oxygen atoms in total. The van der Waals surface area contributed by atoms with Gasteiger partial charge in [-0.1, -0.05) is 40.5 Å². The Morgan fingerprint density at radius 1 is 0.857 bits per heavy atom. The van der Waals surface area contributed by atoms with Crippen LogP contribution in [0.2, 0.25) is 0 Å². The van der Waals surface area contributed by atoms with Gasteiger partial charge in [-0.05, 0) is 37.5 Å². The van der Waals surface area contributed by atoms with E-state index in [9.17, 15) is 0 Å². The maximum absolute atomic E-state index is 6.67. The van der Waals surface area contributed by atoms with Crippen LogP contribution in [0.5, 0.6) is 0 Å². The SMILES string of the molecule is CCC(C)C(OC(C(C)CC)C1CCCO1)C1CCCO1. The summed E-state index contributed by atoms with van der Waals surface area (Å²) >= 11 is 0. The van der Waals surface area contributed by atoms with Crippen molar-refractivity contribution in [1.29, 1.82) is 0 Å². The number of ether oxygens (including phenoxy) is 3. The zero-order valence-corrected chi connectivity index (χ0v) is 14.3. The largest absolute Gasteiger partial charge is 0.376 e. The van der Waals surface area contributed by atoms with Gasteiger partial charge in [-0.15, -0.1) is 0 Å². The van der Waals surface area contributed by atoms with Gasteiger partial charge in [0.25, 0.3) is 0 Å². The van der Waals surface area contributed by atoms with E-state index in [2.05, 4.69) is 27.7 Å². The molecule has 0 radical (unpaired) electrons. The number of hydrogen-bond acceptors (Lipinski definition) is 3. The van der Waals surface area contributed by atoms with E-state index in [0.29, 0.717) is 11.8 Å². The quantitative estimate of drug-likeness (QED) is 0.672. The van der Waals surface area contributed by atoms with Gasteiger partial charge in [-0.3, -0.25) is 0 Å². The van der Waals surface area contributed by atoms with Crippen LogP contribution in [0.4, 0.5) is 0 Å². The van der Waals surface area contributed by atoms with Gasteiger partial charge in [0.15, 0.2) is 0 Å².